The molecule has 0 spiro atoms. The standard InChI is InChI=1S/C20H24N4O3S/c1-23-19(13-4-5-13)21-22-20(23)28-12-18(25)24-8-2-3-15(24)14-6-7-16-17(11-14)27-10-9-26-16/h6-7,11,13,15H,2-5,8-10,12H2,1H3/t15-/m0/s1. The number of amides is 1. The molecule has 1 saturated heterocycles. The van der Waals surface area contributed by atoms with E-state index in [-0.39, 0.29) is 11.9 Å². The molecule has 0 bridgehead atoms. The number of fused-ring (bicyclic) bond motifs is 1. The highest BCUT2D eigenvalue weighted by atomic mass is 32.2. The summed E-state index contributed by atoms with van der Waals surface area (Å²) in [5.74, 6) is 3.71. The van der Waals surface area contributed by atoms with Crippen LogP contribution < -0.4 is 9.47 Å². The van der Waals surface area contributed by atoms with Gasteiger partial charge in [0.25, 0.3) is 0 Å². The van der Waals surface area contributed by atoms with Crippen LogP contribution in [0, 0.1) is 0 Å². The fourth-order valence-corrected chi connectivity index (χ4v) is 4.84. The highest BCUT2D eigenvalue weighted by molar-refractivity contribution is 7.99. The maximum atomic E-state index is 12.9. The number of nitrogens with zero attached hydrogens (tertiary/aromatic N) is 4. The first-order chi connectivity index (χ1) is 13.7. The SMILES string of the molecule is Cn1c(SCC(=O)N2CCC[C@H]2c2ccc3c(c2)OCCO3)nnc1C1CC1. The van der Waals surface area contributed by atoms with Crippen molar-refractivity contribution in [1.29, 1.82) is 0 Å². The lowest BCUT2D eigenvalue weighted by molar-refractivity contribution is -0.129. The van der Waals surface area contributed by atoms with E-state index in [2.05, 4.69) is 16.3 Å². The van der Waals surface area contributed by atoms with E-state index < -0.39 is 0 Å². The second kappa shape index (κ2) is 7.31. The molecule has 5 rings (SSSR count). The Morgan fingerprint density at radius 2 is 2.00 bits per heavy atom. The van der Waals surface area contributed by atoms with Crippen molar-refractivity contribution in [2.75, 3.05) is 25.5 Å². The number of hydrogen-bond donors (Lipinski definition) is 0. The summed E-state index contributed by atoms with van der Waals surface area (Å²) >= 11 is 1.48. The lowest BCUT2D eigenvalue weighted by Crippen LogP contribution is -2.32. The van der Waals surface area contributed by atoms with Crippen molar-refractivity contribution in [2.45, 2.75) is 42.8 Å². The number of hydrogen-bond acceptors (Lipinski definition) is 6. The van der Waals surface area contributed by atoms with Crippen molar-refractivity contribution in [2.24, 2.45) is 7.05 Å². The van der Waals surface area contributed by atoms with Crippen LogP contribution in [0.3, 0.4) is 0 Å². The van der Waals surface area contributed by atoms with Crippen LogP contribution in [0.4, 0.5) is 0 Å². The highest BCUT2D eigenvalue weighted by Crippen LogP contribution is 2.40. The number of carbonyl (C=O) groups excluding carboxylic acids is 1. The van der Waals surface area contributed by atoms with E-state index in [9.17, 15) is 4.79 Å². The van der Waals surface area contributed by atoms with Crippen LogP contribution >= 0.6 is 11.8 Å². The van der Waals surface area contributed by atoms with Gasteiger partial charge in [-0.05, 0) is 43.4 Å². The van der Waals surface area contributed by atoms with Crippen LogP contribution in [0.25, 0.3) is 0 Å². The molecular weight excluding hydrogens is 376 g/mol. The van der Waals surface area contributed by atoms with Crippen molar-refractivity contribution in [3.8, 4) is 11.5 Å². The maximum Gasteiger partial charge on any atom is 0.233 e. The second-order valence-electron chi connectivity index (χ2n) is 7.61. The predicted molar refractivity (Wildman–Crippen MR) is 105 cm³/mol. The van der Waals surface area contributed by atoms with E-state index in [0.29, 0.717) is 24.9 Å². The molecule has 8 heteroatoms. The van der Waals surface area contributed by atoms with Gasteiger partial charge in [-0.15, -0.1) is 10.2 Å². The second-order valence-corrected chi connectivity index (χ2v) is 8.55. The van der Waals surface area contributed by atoms with Crippen molar-refractivity contribution in [3.05, 3.63) is 29.6 Å². The van der Waals surface area contributed by atoms with Gasteiger partial charge in [-0.3, -0.25) is 4.79 Å². The molecule has 28 heavy (non-hydrogen) atoms. The fourth-order valence-electron chi connectivity index (χ4n) is 4.04. The average molecular weight is 401 g/mol. The number of likely N-dealkylation sites (tertiary alicyclic amines) is 1. The lowest BCUT2D eigenvalue weighted by atomic mass is 10.0. The minimum atomic E-state index is 0.102. The molecule has 1 saturated carbocycles. The summed E-state index contributed by atoms with van der Waals surface area (Å²) < 4.78 is 13.4. The summed E-state index contributed by atoms with van der Waals surface area (Å²) in [4.78, 5) is 14.9. The Bertz CT molecular complexity index is 896. The lowest BCUT2D eigenvalue weighted by Gasteiger charge is -2.26. The van der Waals surface area contributed by atoms with Gasteiger partial charge in [0.15, 0.2) is 16.7 Å². The largest absolute Gasteiger partial charge is 0.486 e. The Morgan fingerprint density at radius 3 is 2.82 bits per heavy atom. The Morgan fingerprint density at radius 1 is 1.18 bits per heavy atom. The monoisotopic (exact) mass is 400 g/mol. The first-order valence-electron chi connectivity index (χ1n) is 9.92. The molecule has 2 fully saturated rings. The number of benzene rings is 1. The molecule has 0 N–H and O–H groups in total. The van der Waals surface area contributed by atoms with Crippen molar-refractivity contribution < 1.29 is 14.3 Å². The van der Waals surface area contributed by atoms with Crippen molar-refractivity contribution in [3.63, 3.8) is 0 Å². The minimum absolute atomic E-state index is 0.102. The molecule has 1 aromatic heterocycles. The third-order valence-corrected chi connectivity index (χ3v) is 6.66. The summed E-state index contributed by atoms with van der Waals surface area (Å²) in [6.45, 7) is 1.95. The zero-order valence-corrected chi connectivity index (χ0v) is 16.8. The third-order valence-electron chi connectivity index (χ3n) is 5.66. The number of thioether (sulfide) groups is 1. The van der Waals surface area contributed by atoms with E-state index in [1.807, 2.05) is 28.6 Å². The summed E-state index contributed by atoms with van der Waals surface area (Å²) in [5, 5.41) is 9.40. The van der Waals surface area contributed by atoms with Crippen LogP contribution in [-0.4, -0.2) is 51.1 Å². The quantitative estimate of drug-likeness (QED) is 0.719. The summed E-state index contributed by atoms with van der Waals surface area (Å²) in [6.07, 6.45) is 4.39. The van der Waals surface area contributed by atoms with Crippen LogP contribution in [0.5, 0.6) is 11.5 Å². The average Bonchev–Trinajstić information content (AvgIpc) is 3.32. The van der Waals surface area contributed by atoms with Crippen LogP contribution in [0.1, 0.15) is 49.0 Å². The molecule has 0 radical (unpaired) electrons. The summed E-state index contributed by atoms with van der Waals surface area (Å²) in [7, 11) is 1.99. The van der Waals surface area contributed by atoms with Crippen molar-refractivity contribution in [1.82, 2.24) is 19.7 Å². The molecular formula is C20H24N4O3S. The fraction of sp³-hybridized carbons (Fsp3) is 0.550. The Kier molecular flexibility index (Phi) is 4.66. The zero-order valence-electron chi connectivity index (χ0n) is 16.0. The molecule has 1 aliphatic carbocycles. The van der Waals surface area contributed by atoms with Gasteiger partial charge in [0.1, 0.15) is 19.0 Å². The van der Waals surface area contributed by atoms with E-state index >= 15 is 0 Å². The number of carbonyl (C=O) groups is 1. The molecule has 1 aromatic carbocycles. The van der Waals surface area contributed by atoms with Gasteiger partial charge in [0.05, 0.1) is 11.8 Å². The van der Waals surface area contributed by atoms with Gasteiger partial charge in [-0.2, -0.15) is 0 Å². The molecule has 1 atom stereocenters. The minimum Gasteiger partial charge on any atom is -0.486 e. The summed E-state index contributed by atoms with van der Waals surface area (Å²) in [5.41, 5.74) is 1.12. The molecule has 1 amide bonds. The molecule has 3 heterocycles. The Labute approximate surface area is 168 Å². The predicted octanol–water partition coefficient (Wildman–Crippen LogP) is 2.92. The van der Waals surface area contributed by atoms with Gasteiger partial charge in [0.2, 0.25) is 5.91 Å². The maximum absolute atomic E-state index is 12.9. The molecule has 0 unspecified atom stereocenters. The van der Waals surface area contributed by atoms with Gasteiger partial charge < -0.3 is 18.9 Å². The molecule has 148 valence electrons. The van der Waals surface area contributed by atoms with Crippen LogP contribution in [0.15, 0.2) is 23.4 Å². The smallest absolute Gasteiger partial charge is 0.233 e. The first kappa shape index (κ1) is 17.8. The first-order valence-corrected chi connectivity index (χ1v) is 10.9. The summed E-state index contributed by atoms with van der Waals surface area (Å²) in [6, 6.07) is 6.15. The van der Waals surface area contributed by atoms with Gasteiger partial charge in [-0.1, -0.05) is 17.8 Å². The molecule has 2 aromatic rings. The highest BCUT2D eigenvalue weighted by Gasteiger charge is 2.32. The topological polar surface area (TPSA) is 69.5 Å². The van der Waals surface area contributed by atoms with Gasteiger partial charge in [0, 0.05) is 19.5 Å². The van der Waals surface area contributed by atoms with E-state index in [4.69, 9.17) is 9.47 Å². The zero-order chi connectivity index (χ0) is 19.1. The molecule has 2 aliphatic heterocycles. The number of aromatic nitrogens is 3. The van der Waals surface area contributed by atoms with Crippen molar-refractivity contribution >= 4 is 17.7 Å². The molecule has 3 aliphatic rings. The number of ether oxygens (including phenoxy) is 2. The number of rotatable bonds is 5. The van der Waals surface area contributed by atoms with E-state index in [1.165, 1.54) is 24.6 Å². The van der Waals surface area contributed by atoms with Gasteiger partial charge >= 0.3 is 0 Å². The molecule has 7 nitrogen and oxygen atoms in total. The van der Waals surface area contributed by atoms with Crippen LogP contribution in [0.2, 0.25) is 0 Å². The Balaban J connectivity index is 1.26. The normalized spacial score (nSPS) is 21.2. The van der Waals surface area contributed by atoms with E-state index in [1.54, 1.807) is 0 Å². The third kappa shape index (κ3) is 3.34. The van der Waals surface area contributed by atoms with Gasteiger partial charge in [-0.25, -0.2) is 0 Å². The Hall–Kier alpha value is -2.22. The van der Waals surface area contributed by atoms with Crippen LogP contribution in [-0.2, 0) is 11.8 Å². The van der Waals surface area contributed by atoms with E-state index in [0.717, 1.165) is 47.4 Å².